The van der Waals surface area contributed by atoms with Crippen molar-refractivity contribution in [2.75, 3.05) is 33.4 Å². The zero-order valence-electron chi connectivity index (χ0n) is 9.58. The molecular formula is C10H21NO3. The fourth-order valence-electron chi connectivity index (χ4n) is 1.25. The molecule has 0 rings (SSSR count). The van der Waals surface area contributed by atoms with Gasteiger partial charge in [-0.1, -0.05) is 6.92 Å². The first-order valence-electron chi connectivity index (χ1n) is 5.06. The molecule has 0 bridgehead atoms. The van der Waals surface area contributed by atoms with Gasteiger partial charge in [0, 0.05) is 13.7 Å². The zero-order chi connectivity index (χ0) is 11.0. The van der Waals surface area contributed by atoms with E-state index in [9.17, 15) is 4.79 Å². The second-order valence-corrected chi connectivity index (χ2v) is 3.05. The molecule has 0 spiro atoms. The molecule has 14 heavy (non-hydrogen) atoms. The Labute approximate surface area is 86.2 Å². The fourth-order valence-corrected chi connectivity index (χ4v) is 1.25. The second-order valence-electron chi connectivity index (χ2n) is 3.05. The summed E-state index contributed by atoms with van der Waals surface area (Å²) >= 11 is 0. The molecule has 0 saturated heterocycles. The molecule has 0 fully saturated rings. The van der Waals surface area contributed by atoms with Crippen molar-refractivity contribution in [2.45, 2.75) is 26.8 Å². The molecule has 0 amide bonds. The number of methoxy groups -OCH3 is 1. The van der Waals surface area contributed by atoms with Gasteiger partial charge in [-0.15, -0.1) is 0 Å². The van der Waals surface area contributed by atoms with Gasteiger partial charge in [-0.2, -0.15) is 0 Å². The minimum atomic E-state index is -0.185. The molecule has 0 aliphatic rings. The van der Waals surface area contributed by atoms with Gasteiger partial charge >= 0.3 is 5.97 Å². The van der Waals surface area contributed by atoms with E-state index in [1.54, 1.807) is 7.11 Å². The van der Waals surface area contributed by atoms with Crippen LogP contribution in [-0.4, -0.2) is 50.3 Å². The topological polar surface area (TPSA) is 38.8 Å². The normalized spacial score (nSPS) is 12.9. The minimum absolute atomic E-state index is 0.162. The zero-order valence-corrected chi connectivity index (χ0v) is 9.58. The fraction of sp³-hybridized carbons (Fsp3) is 0.900. The number of carbonyl (C=O) groups excluding carboxylic acids is 1. The van der Waals surface area contributed by atoms with Crippen molar-refractivity contribution in [3.05, 3.63) is 0 Å². The van der Waals surface area contributed by atoms with Crippen LogP contribution in [0.1, 0.15) is 20.8 Å². The van der Waals surface area contributed by atoms with E-state index < -0.39 is 0 Å². The molecule has 4 heteroatoms. The number of hydrogen-bond acceptors (Lipinski definition) is 4. The molecule has 1 atom stereocenters. The average molecular weight is 203 g/mol. The molecule has 1 unspecified atom stereocenters. The Balaban J connectivity index is 4.01. The van der Waals surface area contributed by atoms with Crippen molar-refractivity contribution in [3.63, 3.8) is 0 Å². The summed E-state index contributed by atoms with van der Waals surface area (Å²) in [6.07, 6.45) is 0. The first kappa shape index (κ1) is 13.4. The van der Waals surface area contributed by atoms with Gasteiger partial charge in [0.1, 0.15) is 6.04 Å². The molecule has 4 nitrogen and oxygen atoms in total. The molecule has 0 heterocycles. The molecule has 84 valence electrons. The molecular weight excluding hydrogens is 182 g/mol. The summed E-state index contributed by atoms with van der Waals surface area (Å²) in [7, 11) is 1.66. The largest absolute Gasteiger partial charge is 0.465 e. The maximum Gasteiger partial charge on any atom is 0.323 e. The average Bonchev–Trinajstić information content (AvgIpc) is 2.19. The third-order valence-corrected chi connectivity index (χ3v) is 2.16. The van der Waals surface area contributed by atoms with Crippen LogP contribution in [0.25, 0.3) is 0 Å². The highest BCUT2D eigenvalue weighted by molar-refractivity contribution is 5.75. The Kier molecular flexibility index (Phi) is 7.42. The van der Waals surface area contributed by atoms with Crippen LogP contribution in [0.3, 0.4) is 0 Å². The summed E-state index contributed by atoms with van der Waals surface area (Å²) in [6.45, 7) is 8.34. The van der Waals surface area contributed by atoms with Crippen LogP contribution in [0.4, 0.5) is 0 Å². The molecule has 0 aromatic heterocycles. The van der Waals surface area contributed by atoms with E-state index in [-0.39, 0.29) is 12.0 Å². The molecule has 0 N–H and O–H groups in total. The molecule has 0 radical (unpaired) electrons. The summed E-state index contributed by atoms with van der Waals surface area (Å²) in [5.74, 6) is -0.162. The van der Waals surface area contributed by atoms with Gasteiger partial charge in [0.15, 0.2) is 0 Å². The summed E-state index contributed by atoms with van der Waals surface area (Å²) < 4.78 is 9.92. The number of ether oxygens (including phenoxy) is 2. The van der Waals surface area contributed by atoms with E-state index in [2.05, 4.69) is 0 Å². The highest BCUT2D eigenvalue weighted by Gasteiger charge is 2.20. The number of esters is 1. The Morgan fingerprint density at radius 1 is 1.43 bits per heavy atom. The van der Waals surface area contributed by atoms with Crippen LogP contribution in [0.2, 0.25) is 0 Å². The summed E-state index contributed by atoms with van der Waals surface area (Å²) in [5.41, 5.74) is 0. The number of carbonyl (C=O) groups is 1. The van der Waals surface area contributed by atoms with E-state index in [1.165, 1.54) is 0 Å². The van der Waals surface area contributed by atoms with E-state index >= 15 is 0 Å². The quantitative estimate of drug-likeness (QED) is 0.576. The predicted molar refractivity (Wildman–Crippen MR) is 55.2 cm³/mol. The van der Waals surface area contributed by atoms with E-state index in [1.807, 2.05) is 25.7 Å². The van der Waals surface area contributed by atoms with Crippen molar-refractivity contribution in [2.24, 2.45) is 0 Å². The van der Waals surface area contributed by atoms with Gasteiger partial charge < -0.3 is 9.47 Å². The van der Waals surface area contributed by atoms with Crippen molar-refractivity contribution in [1.29, 1.82) is 0 Å². The lowest BCUT2D eigenvalue weighted by atomic mass is 10.3. The molecule has 0 saturated carbocycles. The second kappa shape index (κ2) is 7.76. The van der Waals surface area contributed by atoms with Crippen molar-refractivity contribution in [1.82, 2.24) is 4.90 Å². The summed E-state index contributed by atoms with van der Waals surface area (Å²) in [4.78, 5) is 13.4. The maximum atomic E-state index is 11.4. The van der Waals surface area contributed by atoms with Gasteiger partial charge in [-0.25, -0.2) is 0 Å². The van der Waals surface area contributed by atoms with Gasteiger partial charge in [0.2, 0.25) is 0 Å². The molecule has 0 aliphatic carbocycles. The molecule has 0 aromatic rings. The van der Waals surface area contributed by atoms with Crippen LogP contribution < -0.4 is 0 Å². The number of nitrogens with zero attached hydrogens (tertiary/aromatic N) is 1. The van der Waals surface area contributed by atoms with Gasteiger partial charge in [0.05, 0.1) is 13.2 Å². The predicted octanol–water partition coefficient (Wildman–Crippen LogP) is 0.906. The van der Waals surface area contributed by atoms with E-state index in [0.717, 1.165) is 13.1 Å². The Morgan fingerprint density at radius 2 is 2.07 bits per heavy atom. The van der Waals surface area contributed by atoms with Gasteiger partial charge in [0.25, 0.3) is 0 Å². The minimum Gasteiger partial charge on any atom is -0.465 e. The number of likely N-dealkylation sites (N-methyl/N-ethyl adjacent to an activating group) is 1. The van der Waals surface area contributed by atoms with Gasteiger partial charge in [-0.3, -0.25) is 9.69 Å². The van der Waals surface area contributed by atoms with Gasteiger partial charge in [-0.05, 0) is 20.4 Å². The Hall–Kier alpha value is -0.610. The smallest absolute Gasteiger partial charge is 0.323 e. The van der Waals surface area contributed by atoms with E-state index in [0.29, 0.717) is 13.2 Å². The third kappa shape index (κ3) is 4.58. The van der Waals surface area contributed by atoms with Crippen molar-refractivity contribution < 1.29 is 14.3 Å². The highest BCUT2D eigenvalue weighted by Crippen LogP contribution is 2.01. The SMILES string of the molecule is CCOC(=O)C(C)N(CC)CCOC. The molecule has 0 aliphatic heterocycles. The van der Waals surface area contributed by atoms with Crippen LogP contribution in [0, 0.1) is 0 Å². The van der Waals surface area contributed by atoms with Crippen LogP contribution >= 0.6 is 0 Å². The first-order chi connectivity index (χ1) is 6.67. The summed E-state index contributed by atoms with van der Waals surface area (Å²) in [6, 6.07) is -0.185. The monoisotopic (exact) mass is 203 g/mol. The summed E-state index contributed by atoms with van der Waals surface area (Å²) in [5, 5.41) is 0. The Morgan fingerprint density at radius 3 is 2.50 bits per heavy atom. The van der Waals surface area contributed by atoms with Crippen molar-refractivity contribution in [3.8, 4) is 0 Å². The van der Waals surface area contributed by atoms with Crippen LogP contribution in [-0.2, 0) is 14.3 Å². The number of rotatable bonds is 7. The van der Waals surface area contributed by atoms with E-state index in [4.69, 9.17) is 9.47 Å². The lowest BCUT2D eigenvalue weighted by Gasteiger charge is -2.25. The van der Waals surface area contributed by atoms with Crippen LogP contribution in [0.15, 0.2) is 0 Å². The lowest BCUT2D eigenvalue weighted by Crippen LogP contribution is -2.41. The lowest BCUT2D eigenvalue weighted by molar-refractivity contribution is -0.149. The third-order valence-electron chi connectivity index (χ3n) is 2.16. The molecule has 0 aromatic carbocycles. The Bertz CT molecular complexity index is 161. The standard InChI is InChI=1S/C10H21NO3/c1-5-11(7-8-13-4)9(3)10(12)14-6-2/h9H,5-8H2,1-4H3. The van der Waals surface area contributed by atoms with Crippen molar-refractivity contribution >= 4 is 5.97 Å². The first-order valence-corrected chi connectivity index (χ1v) is 5.06. The highest BCUT2D eigenvalue weighted by atomic mass is 16.5. The number of hydrogen-bond donors (Lipinski definition) is 0. The van der Waals surface area contributed by atoms with Crippen LogP contribution in [0.5, 0.6) is 0 Å². The maximum absolute atomic E-state index is 11.4.